The smallest absolute Gasteiger partial charge is 0.159 e. The molecule has 0 amide bonds. The minimum Gasteiger partial charge on any atom is -0.454 e. The van der Waals surface area contributed by atoms with Gasteiger partial charge in [0.25, 0.3) is 0 Å². The van der Waals surface area contributed by atoms with Gasteiger partial charge in [-0.2, -0.15) is 0 Å². The highest BCUT2D eigenvalue weighted by atomic mass is 16.3. The molecular weight excluding hydrogens is 805 g/mol. The van der Waals surface area contributed by atoms with Crippen molar-refractivity contribution >= 4 is 110 Å². The van der Waals surface area contributed by atoms with Gasteiger partial charge in [-0.1, -0.05) is 143 Å². The van der Waals surface area contributed by atoms with Crippen molar-refractivity contribution in [1.82, 2.24) is 0 Å². The standard InChI is InChI=1S/C62H52N2O2/c1-35(2)50-33-55(63(41-20-11-16-37(5)32-41)53-26-14-23-46-44-21-12-18-39(7)59(44)65-61(46)53)48-30-28-43-51(36(3)4)34-56(49-31-29-42(50)57(48)58(43)49)64(52-25-10-9-17-38(52)6)54-27-15-24-47-45-22-13-19-40(8)60(45)66-62(47)54/h9-36H,1-8H3. The number of benzene rings is 10. The lowest BCUT2D eigenvalue weighted by Crippen LogP contribution is -2.14. The molecule has 4 nitrogen and oxygen atoms in total. The summed E-state index contributed by atoms with van der Waals surface area (Å²) in [5, 5.41) is 12.0. The molecule has 0 atom stereocenters. The Labute approximate surface area is 385 Å². The normalized spacial score (nSPS) is 12.2. The van der Waals surface area contributed by atoms with Crippen molar-refractivity contribution in [1.29, 1.82) is 0 Å². The van der Waals surface area contributed by atoms with E-state index in [4.69, 9.17) is 8.83 Å². The molecule has 10 aromatic carbocycles. The maximum atomic E-state index is 6.96. The van der Waals surface area contributed by atoms with Crippen LogP contribution in [0.15, 0.2) is 167 Å². The summed E-state index contributed by atoms with van der Waals surface area (Å²) in [7, 11) is 0. The van der Waals surface area contributed by atoms with Crippen molar-refractivity contribution in [3.8, 4) is 0 Å². The molecule has 0 aliphatic carbocycles. The number of hydrogen-bond donors (Lipinski definition) is 0. The lowest BCUT2D eigenvalue weighted by atomic mass is 9.84. The van der Waals surface area contributed by atoms with E-state index in [0.29, 0.717) is 0 Å². The summed E-state index contributed by atoms with van der Waals surface area (Å²) < 4.78 is 13.9. The SMILES string of the molecule is Cc1cccc(N(c2cc(C(C)C)c3ccc4c(N(c5ccccc5C)c5cccc6c5oc5c(C)cccc56)cc(C(C)C)c5ccc2c3c54)c2cccc3c2oc2c(C)cccc23)c1. The number of furan rings is 2. The third-order valence-electron chi connectivity index (χ3n) is 14.1. The van der Waals surface area contributed by atoms with Gasteiger partial charge in [-0.25, -0.2) is 0 Å². The highest BCUT2D eigenvalue weighted by Crippen LogP contribution is 2.53. The third kappa shape index (κ3) is 5.90. The summed E-state index contributed by atoms with van der Waals surface area (Å²) in [6.07, 6.45) is 0. The number of aryl methyl sites for hydroxylation is 4. The number of fused-ring (bicyclic) bond motifs is 6. The van der Waals surface area contributed by atoms with Gasteiger partial charge < -0.3 is 18.6 Å². The second kappa shape index (κ2) is 15.0. The Morgan fingerprint density at radius 3 is 1.27 bits per heavy atom. The van der Waals surface area contributed by atoms with Crippen LogP contribution in [0.2, 0.25) is 0 Å². The summed E-state index contributed by atoms with van der Waals surface area (Å²) in [4.78, 5) is 4.93. The van der Waals surface area contributed by atoms with Gasteiger partial charge in [0.05, 0.1) is 22.7 Å². The van der Waals surface area contributed by atoms with Gasteiger partial charge in [0, 0.05) is 43.7 Å². The molecule has 2 heterocycles. The molecule has 0 bridgehead atoms. The Bertz CT molecular complexity index is 3900. The molecule has 0 aliphatic heterocycles. The predicted molar refractivity (Wildman–Crippen MR) is 281 cm³/mol. The van der Waals surface area contributed by atoms with E-state index in [1.807, 2.05) is 0 Å². The molecule has 0 unspecified atom stereocenters. The topological polar surface area (TPSA) is 32.8 Å². The van der Waals surface area contributed by atoms with E-state index < -0.39 is 0 Å². The molecule has 66 heavy (non-hydrogen) atoms. The number of rotatable bonds is 8. The second-order valence-corrected chi connectivity index (χ2v) is 19.1. The lowest BCUT2D eigenvalue weighted by Gasteiger charge is -2.32. The van der Waals surface area contributed by atoms with Crippen molar-refractivity contribution in [2.45, 2.75) is 67.2 Å². The molecule has 12 rings (SSSR count). The number of para-hydroxylation sites is 5. The first-order chi connectivity index (χ1) is 32.1. The van der Waals surface area contributed by atoms with Crippen LogP contribution in [-0.2, 0) is 0 Å². The summed E-state index contributed by atoms with van der Waals surface area (Å²) in [6.45, 7) is 18.0. The van der Waals surface area contributed by atoms with E-state index in [1.54, 1.807) is 0 Å². The van der Waals surface area contributed by atoms with E-state index in [9.17, 15) is 0 Å². The largest absolute Gasteiger partial charge is 0.454 e. The van der Waals surface area contributed by atoms with Crippen LogP contribution in [0.25, 0.3) is 76.2 Å². The first kappa shape index (κ1) is 40.0. The number of hydrogen-bond acceptors (Lipinski definition) is 4. The Morgan fingerprint density at radius 2 is 0.758 bits per heavy atom. The molecule has 0 saturated heterocycles. The fraction of sp³-hybridized carbons (Fsp3) is 0.161. The van der Waals surface area contributed by atoms with Gasteiger partial charge in [0.1, 0.15) is 11.2 Å². The van der Waals surface area contributed by atoms with Crippen molar-refractivity contribution < 1.29 is 8.83 Å². The summed E-state index contributed by atoms with van der Waals surface area (Å²) in [5.41, 5.74) is 17.4. The number of anilines is 6. The lowest BCUT2D eigenvalue weighted by molar-refractivity contribution is 0.665. The van der Waals surface area contributed by atoms with E-state index in [1.165, 1.54) is 54.6 Å². The molecule has 0 saturated carbocycles. The second-order valence-electron chi connectivity index (χ2n) is 19.1. The van der Waals surface area contributed by atoms with Crippen LogP contribution in [0, 0.1) is 27.7 Å². The van der Waals surface area contributed by atoms with Crippen molar-refractivity contribution in [2.24, 2.45) is 0 Å². The zero-order valence-corrected chi connectivity index (χ0v) is 38.9. The van der Waals surface area contributed by atoms with Gasteiger partial charge in [0.15, 0.2) is 11.2 Å². The number of nitrogens with zero attached hydrogens (tertiary/aromatic N) is 2. The van der Waals surface area contributed by atoms with E-state index >= 15 is 0 Å². The summed E-state index contributed by atoms with van der Waals surface area (Å²) >= 11 is 0. The van der Waals surface area contributed by atoms with Crippen LogP contribution in [-0.4, -0.2) is 0 Å². The minimum atomic E-state index is 0.249. The highest BCUT2D eigenvalue weighted by molar-refractivity contribution is 6.30. The van der Waals surface area contributed by atoms with Crippen LogP contribution >= 0.6 is 0 Å². The third-order valence-corrected chi connectivity index (χ3v) is 14.1. The fourth-order valence-electron chi connectivity index (χ4n) is 11.0. The van der Waals surface area contributed by atoms with Crippen molar-refractivity contribution in [3.63, 3.8) is 0 Å². The maximum Gasteiger partial charge on any atom is 0.159 e. The van der Waals surface area contributed by atoms with Crippen LogP contribution in [0.3, 0.4) is 0 Å². The molecule has 4 heteroatoms. The van der Waals surface area contributed by atoms with E-state index in [2.05, 4.69) is 223 Å². The van der Waals surface area contributed by atoms with Gasteiger partial charge in [-0.15, -0.1) is 0 Å². The molecular formula is C62H52N2O2. The van der Waals surface area contributed by atoms with Crippen LogP contribution in [0.4, 0.5) is 34.1 Å². The van der Waals surface area contributed by atoms with Crippen LogP contribution < -0.4 is 9.80 Å². The molecule has 0 fully saturated rings. The fourth-order valence-corrected chi connectivity index (χ4v) is 11.0. The molecule has 0 radical (unpaired) electrons. The predicted octanol–water partition coefficient (Wildman–Crippen LogP) is 18.8. The highest BCUT2D eigenvalue weighted by Gasteiger charge is 2.29. The molecule has 0 aliphatic rings. The zero-order chi connectivity index (χ0) is 45.1. The van der Waals surface area contributed by atoms with Gasteiger partial charge in [0.2, 0.25) is 0 Å². The maximum absolute atomic E-state index is 6.96. The monoisotopic (exact) mass is 856 g/mol. The molecule has 12 aromatic rings. The van der Waals surface area contributed by atoms with Crippen LogP contribution in [0.1, 0.15) is 72.9 Å². The average Bonchev–Trinajstić information content (AvgIpc) is 3.91. The van der Waals surface area contributed by atoms with Gasteiger partial charge in [-0.3, -0.25) is 0 Å². The molecule has 322 valence electrons. The zero-order valence-electron chi connectivity index (χ0n) is 38.9. The Balaban J connectivity index is 1.22. The first-order valence-electron chi connectivity index (χ1n) is 23.4. The Hall–Kier alpha value is -7.56. The molecule has 0 N–H and O–H groups in total. The van der Waals surface area contributed by atoms with Gasteiger partial charge in [-0.05, 0) is 137 Å². The van der Waals surface area contributed by atoms with Crippen molar-refractivity contribution in [3.05, 3.63) is 191 Å². The summed E-state index contributed by atoms with van der Waals surface area (Å²) in [5.74, 6) is 0.498. The quantitative estimate of drug-likeness (QED) is 0.143. The van der Waals surface area contributed by atoms with Crippen molar-refractivity contribution in [2.75, 3.05) is 9.80 Å². The van der Waals surface area contributed by atoms with E-state index in [-0.39, 0.29) is 11.8 Å². The minimum absolute atomic E-state index is 0.249. The summed E-state index contributed by atoms with van der Waals surface area (Å²) in [6, 6.07) is 58.2. The van der Waals surface area contributed by atoms with E-state index in [0.717, 1.165) is 89.1 Å². The van der Waals surface area contributed by atoms with Crippen LogP contribution in [0.5, 0.6) is 0 Å². The average molecular weight is 857 g/mol. The van der Waals surface area contributed by atoms with Gasteiger partial charge >= 0.3 is 0 Å². The first-order valence-corrected chi connectivity index (χ1v) is 23.4. The Morgan fingerprint density at radius 1 is 0.333 bits per heavy atom. The molecule has 0 spiro atoms. The Kier molecular flexibility index (Phi) is 9.09. The molecule has 2 aromatic heterocycles.